The summed E-state index contributed by atoms with van der Waals surface area (Å²) in [6.45, 7) is 2.62. The van der Waals surface area contributed by atoms with E-state index >= 15 is 0 Å². The zero-order valence-electron chi connectivity index (χ0n) is 11.2. The average molecular weight is 288 g/mol. The highest BCUT2D eigenvalue weighted by Crippen LogP contribution is 2.22. The number of amides is 2. The fourth-order valence-electron chi connectivity index (χ4n) is 1.69. The van der Waals surface area contributed by atoms with Crippen LogP contribution in [0.15, 0.2) is 41.8 Å². The summed E-state index contributed by atoms with van der Waals surface area (Å²) >= 11 is 1.32. The van der Waals surface area contributed by atoms with Crippen LogP contribution < -0.4 is 10.6 Å². The van der Waals surface area contributed by atoms with Gasteiger partial charge >= 0.3 is 0 Å². The number of hydrogen-bond donors (Lipinski definition) is 2. The maximum Gasteiger partial charge on any atom is 0.263 e. The molecule has 0 atom stereocenters. The molecular weight excluding hydrogens is 272 g/mol. The minimum absolute atomic E-state index is 0.148. The van der Waals surface area contributed by atoms with Gasteiger partial charge in [0, 0.05) is 12.1 Å². The van der Waals surface area contributed by atoms with E-state index in [1.807, 2.05) is 13.0 Å². The van der Waals surface area contributed by atoms with Gasteiger partial charge in [-0.05, 0) is 30.0 Å². The quantitative estimate of drug-likeness (QED) is 0.888. The van der Waals surface area contributed by atoms with Gasteiger partial charge in [-0.25, -0.2) is 0 Å². The van der Waals surface area contributed by atoms with E-state index < -0.39 is 0 Å². The van der Waals surface area contributed by atoms with Crippen LogP contribution in [-0.2, 0) is 0 Å². The number of thiophene rings is 1. The van der Waals surface area contributed by atoms with Crippen molar-refractivity contribution in [3.63, 3.8) is 0 Å². The number of nitrogens with one attached hydrogen (secondary N) is 2. The molecule has 4 nitrogen and oxygen atoms in total. The molecule has 0 radical (unpaired) electrons. The number of hydrogen-bond acceptors (Lipinski definition) is 3. The zero-order valence-corrected chi connectivity index (χ0v) is 12.0. The fraction of sp³-hybridized carbons (Fsp3) is 0.200. The van der Waals surface area contributed by atoms with Crippen LogP contribution in [-0.4, -0.2) is 18.4 Å². The monoisotopic (exact) mass is 288 g/mol. The molecule has 2 amide bonds. The minimum Gasteiger partial charge on any atom is -0.351 e. The predicted octanol–water partition coefficient (Wildman–Crippen LogP) is 3.14. The third kappa shape index (κ3) is 3.45. The second-order valence-electron chi connectivity index (χ2n) is 4.24. The molecule has 0 spiro atoms. The van der Waals surface area contributed by atoms with E-state index in [1.54, 1.807) is 35.7 Å². The SMILES string of the molecule is CCCNC(=O)c1sccc1NC(=O)c1ccccc1. The molecule has 20 heavy (non-hydrogen) atoms. The Morgan fingerprint density at radius 1 is 1.10 bits per heavy atom. The first-order valence-corrected chi connectivity index (χ1v) is 7.32. The van der Waals surface area contributed by atoms with Gasteiger partial charge in [-0.3, -0.25) is 9.59 Å². The fourth-order valence-corrected chi connectivity index (χ4v) is 2.45. The standard InChI is InChI=1S/C15H16N2O2S/c1-2-9-16-15(19)13-12(8-10-20-13)17-14(18)11-6-4-3-5-7-11/h3-8,10H,2,9H2,1H3,(H,16,19)(H,17,18). The van der Waals surface area contributed by atoms with Gasteiger partial charge in [-0.1, -0.05) is 25.1 Å². The van der Waals surface area contributed by atoms with Gasteiger partial charge in [0.05, 0.1) is 5.69 Å². The van der Waals surface area contributed by atoms with Crippen LogP contribution in [0.1, 0.15) is 33.4 Å². The van der Waals surface area contributed by atoms with Crippen LogP contribution in [0.3, 0.4) is 0 Å². The largest absolute Gasteiger partial charge is 0.351 e. The van der Waals surface area contributed by atoms with Gasteiger partial charge in [-0.2, -0.15) is 0 Å². The Balaban J connectivity index is 2.09. The van der Waals surface area contributed by atoms with Crippen LogP contribution in [0, 0.1) is 0 Å². The minimum atomic E-state index is -0.214. The van der Waals surface area contributed by atoms with Crippen molar-refractivity contribution in [3.05, 3.63) is 52.2 Å². The van der Waals surface area contributed by atoms with E-state index in [-0.39, 0.29) is 11.8 Å². The first-order chi connectivity index (χ1) is 9.72. The first kappa shape index (κ1) is 14.3. The van der Waals surface area contributed by atoms with Crippen molar-refractivity contribution in [2.75, 3.05) is 11.9 Å². The van der Waals surface area contributed by atoms with Gasteiger partial charge in [0.2, 0.25) is 0 Å². The van der Waals surface area contributed by atoms with Crippen molar-refractivity contribution in [1.82, 2.24) is 5.32 Å². The summed E-state index contributed by atoms with van der Waals surface area (Å²) in [4.78, 5) is 24.5. The van der Waals surface area contributed by atoms with Crippen molar-refractivity contribution in [1.29, 1.82) is 0 Å². The first-order valence-electron chi connectivity index (χ1n) is 6.44. The van der Waals surface area contributed by atoms with Crippen LogP contribution >= 0.6 is 11.3 Å². The molecule has 2 aromatic rings. The molecule has 0 saturated carbocycles. The summed E-state index contributed by atoms with van der Waals surface area (Å²) in [6.07, 6.45) is 0.878. The van der Waals surface area contributed by atoms with Gasteiger partial charge in [0.15, 0.2) is 0 Å². The van der Waals surface area contributed by atoms with Crippen molar-refractivity contribution in [2.45, 2.75) is 13.3 Å². The molecule has 0 aliphatic rings. The summed E-state index contributed by atoms with van der Waals surface area (Å²) in [5.74, 6) is -0.362. The van der Waals surface area contributed by atoms with E-state index in [2.05, 4.69) is 10.6 Å². The summed E-state index contributed by atoms with van der Waals surface area (Å²) in [5.41, 5.74) is 1.12. The number of anilines is 1. The number of benzene rings is 1. The molecule has 0 bridgehead atoms. The number of carbonyl (C=O) groups excluding carboxylic acids is 2. The molecule has 0 fully saturated rings. The molecule has 0 aliphatic heterocycles. The predicted molar refractivity (Wildman–Crippen MR) is 81.3 cm³/mol. The molecule has 0 aliphatic carbocycles. The van der Waals surface area contributed by atoms with E-state index in [4.69, 9.17) is 0 Å². The molecule has 104 valence electrons. The third-order valence-corrected chi connectivity index (χ3v) is 3.60. The molecule has 0 saturated heterocycles. The van der Waals surface area contributed by atoms with Crippen molar-refractivity contribution in [2.24, 2.45) is 0 Å². The van der Waals surface area contributed by atoms with E-state index in [1.165, 1.54) is 11.3 Å². The summed E-state index contributed by atoms with van der Waals surface area (Å²) in [7, 11) is 0. The molecule has 1 aromatic carbocycles. The molecule has 2 N–H and O–H groups in total. The number of carbonyl (C=O) groups is 2. The lowest BCUT2D eigenvalue weighted by atomic mass is 10.2. The summed E-state index contributed by atoms with van der Waals surface area (Å²) < 4.78 is 0. The van der Waals surface area contributed by atoms with Gasteiger partial charge in [0.1, 0.15) is 4.88 Å². The lowest BCUT2D eigenvalue weighted by molar-refractivity contribution is 0.0958. The Labute approximate surface area is 121 Å². The second-order valence-corrected chi connectivity index (χ2v) is 5.16. The van der Waals surface area contributed by atoms with Gasteiger partial charge < -0.3 is 10.6 Å². The van der Waals surface area contributed by atoms with Crippen molar-refractivity contribution in [3.8, 4) is 0 Å². The summed E-state index contributed by atoms with van der Waals surface area (Å²) in [6, 6.07) is 10.7. The molecule has 5 heteroatoms. The summed E-state index contributed by atoms with van der Waals surface area (Å²) in [5, 5.41) is 7.38. The highest BCUT2D eigenvalue weighted by atomic mass is 32.1. The third-order valence-electron chi connectivity index (χ3n) is 2.69. The molecule has 2 rings (SSSR count). The Bertz CT molecular complexity index is 593. The van der Waals surface area contributed by atoms with Crippen LogP contribution in [0.4, 0.5) is 5.69 Å². The lowest BCUT2D eigenvalue weighted by Crippen LogP contribution is -2.24. The van der Waals surface area contributed by atoms with Gasteiger partial charge in [-0.15, -0.1) is 11.3 Å². The topological polar surface area (TPSA) is 58.2 Å². The molecule has 1 heterocycles. The van der Waals surface area contributed by atoms with Gasteiger partial charge in [0.25, 0.3) is 11.8 Å². The van der Waals surface area contributed by atoms with Crippen LogP contribution in [0.25, 0.3) is 0 Å². The normalized spacial score (nSPS) is 10.1. The van der Waals surface area contributed by atoms with E-state index in [0.717, 1.165) is 6.42 Å². The highest BCUT2D eigenvalue weighted by molar-refractivity contribution is 7.12. The van der Waals surface area contributed by atoms with Crippen LogP contribution in [0.2, 0.25) is 0 Å². The molecule has 0 unspecified atom stereocenters. The molecular formula is C15H16N2O2S. The van der Waals surface area contributed by atoms with Crippen molar-refractivity contribution >= 4 is 28.8 Å². The van der Waals surface area contributed by atoms with E-state index in [0.29, 0.717) is 22.7 Å². The molecule has 1 aromatic heterocycles. The zero-order chi connectivity index (χ0) is 14.4. The second kappa shape index (κ2) is 6.86. The maximum atomic E-state index is 12.1. The highest BCUT2D eigenvalue weighted by Gasteiger charge is 2.15. The van der Waals surface area contributed by atoms with Crippen LogP contribution in [0.5, 0.6) is 0 Å². The van der Waals surface area contributed by atoms with Crippen molar-refractivity contribution < 1.29 is 9.59 Å². The Hall–Kier alpha value is -2.14. The smallest absolute Gasteiger partial charge is 0.263 e. The van der Waals surface area contributed by atoms with E-state index in [9.17, 15) is 9.59 Å². The Kier molecular flexibility index (Phi) is 4.90. The Morgan fingerprint density at radius 3 is 2.55 bits per heavy atom. The number of rotatable bonds is 5. The lowest BCUT2D eigenvalue weighted by Gasteiger charge is -2.07. The average Bonchev–Trinajstić information content (AvgIpc) is 2.94. The maximum absolute atomic E-state index is 12.1. The Morgan fingerprint density at radius 2 is 1.85 bits per heavy atom.